The highest BCUT2D eigenvalue weighted by Crippen LogP contribution is 2.26. The van der Waals surface area contributed by atoms with Crippen LogP contribution in [0.1, 0.15) is 12.5 Å². The minimum atomic E-state index is -3.82. The summed E-state index contributed by atoms with van der Waals surface area (Å²) in [7, 11) is -3.82. The van der Waals surface area contributed by atoms with Crippen molar-refractivity contribution in [3.05, 3.63) is 59.7 Å². The Labute approximate surface area is 167 Å². The minimum absolute atomic E-state index is 0.0528. The van der Waals surface area contributed by atoms with Gasteiger partial charge in [-0.05, 0) is 55.0 Å². The summed E-state index contributed by atoms with van der Waals surface area (Å²) >= 11 is 0. The van der Waals surface area contributed by atoms with Crippen LogP contribution in [-0.4, -0.2) is 32.6 Å². The molecule has 0 aliphatic carbocycles. The third-order valence-electron chi connectivity index (χ3n) is 4.04. The molecule has 0 saturated heterocycles. The van der Waals surface area contributed by atoms with E-state index in [-0.39, 0.29) is 17.4 Å². The number of amides is 2. The molecule has 2 amide bonds. The molecule has 3 rings (SSSR count). The summed E-state index contributed by atoms with van der Waals surface area (Å²) in [5.74, 6) is -0.442. The minimum Gasteiger partial charge on any atom is -0.484 e. The monoisotopic (exact) mass is 414 g/mol. The highest BCUT2D eigenvalue weighted by Gasteiger charge is 2.28. The van der Waals surface area contributed by atoms with E-state index in [2.05, 4.69) is 5.10 Å². The second-order valence-corrected chi connectivity index (χ2v) is 7.78. The molecule has 2 aromatic rings. The number of benzene rings is 2. The lowest BCUT2D eigenvalue weighted by atomic mass is 10.1. The van der Waals surface area contributed by atoms with Gasteiger partial charge in [-0.15, -0.1) is 0 Å². The zero-order chi connectivity index (χ0) is 21.2. The Morgan fingerprint density at radius 2 is 1.76 bits per heavy atom. The summed E-state index contributed by atoms with van der Waals surface area (Å²) in [5, 5.41) is 10.5. The molecule has 150 valence electrons. The molecule has 0 fully saturated rings. The van der Waals surface area contributed by atoms with E-state index < -0.39 is 15.9 Å². The van der Waals surface area contributed by atoms with Crippen molar-refractivity contribution in [2.75, 3.05) is 11.6 Å². The number of anilines is 1. The zero-order valence-corrected chi connectivity index (χ0v) is 16.2. The number of rotatable bonds is 6. The maximum absolute atomic E-state index is 12.8. The van der Waals surface area contributed by atoms with Gasteiger partial charge in [-0.25, -0.2) is 13.6 Å². The number of carbonyl (C=O) groups is 2. The molecule has 1 aliphatic rings. The zero-order valence-electron chi connectivity index (χ0n) is 15.4. The van der Waals surface area contributed by atoms with Crippen molar-refractivity contribution in [3.8, 4) is 5.75 Å². The summed E-state index contributed by atoms with van der Waals surface area (Å²) in [6.45, 7) is 1.48. The van der Waals surface area contributed by atoms with E-state index in [1.807, 2.05) is 0 Å². The Kier molecular flexibility index (Phi) is 5.48. The third kappa shape index (κ3) is 4.68. The normalized spacial score (nSPS) is 15.5. The molecule has 2 aromatic carbocycles. The molecule has 0 atom stereocenters. The van der Waals surface area contributed by atoms with Crippen LogP contribution in [-0.2, 0) is 19.6 Å². The summed E-state index contributed by atoms with van der Waals surface area (Å²) < 4.78 is 27.9. The highest BCUT2D eigenvalue weighted by molar-refractivity contribution is 7.89. The Hall–Kier alpha value is -3.50. The molecule has 9 nitrogen and oxygen atoms in total. The molecule has 0 spiro atoms. The summed E-state index contributed by atoms with van der Waals surface area (Å²) in [6, 6.07) is 12.3. The van der Waals surface area contributed by atoms with Crippen LogP contribution in [0.2, 0.25) is 0 Å². The lowest BCUT2D eigenvalue weighted by Crippen LogP contribution is -2.21. The fraction of sp³-hybridized carbons (Fsp3) is 0.105. The third-order valence-corrected chi connectivity index (χ3v) is 4.97. The molecule has 0 unspecified atom stereocenters. The molecule has 0 bridgehead atoms. The van der Waals surface area contributed by atoms with Gasteiger partial charge in [-0.2, -0.15) is 10.1 Å². The largest absolute Gasteiger partial charge is 0.484 e. The standard InChI is InChI=1S/C19H18N4O5S/c1-12-17(10-13-2-6-15(7-3-13)28-11-18(20)24)19(25)23(22-12)14-4-8-16(9-5-14)29(21,26)27/h2-10H,11H2,1H3,(H2,20,24)(H2,21,26,27)/b17-10-. The van der Waals surface area contributed by atoms with Gasteiger partial charge in [0, 0.05) is 0 Å². The molecule has 0 aromatic heterocycles. The van der Waals surface area contributed by atoms with Gasteiger partial charge in [0.25, 0.3) is 11.8 Å². The Bertz CT molecular complexity index is 1120. The number of primary amides is 1. The summed E-state index contributed by atoms with van der Waals surface area (Å²) in [5.41, 5.74) is 7.10. The molecule has 10 heteroatoms. The number of hydrazone groups is 1. The van der Waals surface area contributed by atoms with Crippen molar-refractivity contribution < 1.29 is 22.7 Å². The number of carbonyl (C=O) groups excluding carboxylic acids is 2. The molecule has 29 heavy (non-hydrogen) atoms. The molecule has 4 N–H and O–H groups in total. The van der Waals surface area contributed by atoms with Gasteiger partial charge in [-0.1, -0.05) is 12.1 Å². The predicted molar refractivity (Wildman–Crippen MR) is 108 cm³/mol. The van der Waals surface area contributed by atoms with Gasteiger partial charge >= 0.3 is 0 Å². The van der Waals surface area contributed by atoms with Gasteiger partial charge in [-0.3, -0.25) is 9.59 Å². The second kappa shape index (κ2) is 7.86. The number of hydrogen-bond donors (Lipinski definition) is 2. The fourth-order valence-corrected chi connectivity index (χ4v) is 3.13. The van der Waals surface area contributed by atoms with Crippen molar-refractivity contribution >= 4 is 39.3 Å². The van der Waals surface area contributed by atoms with Crippen LogP contribution < -0.4 is 20.6 Å². The van der Waals surface area contributed by atoms with E-state index in [1.54, 1.807) is 37.3 Å². The van der Waals surface area contributed by atoms with E-state index in [1.165, 1.54) is 29.3 Å². The van der Waals surface area contributed by atoms with Crippen LogP contribution in [0.5, 0.6) is 5.75 Å². The van der Waals surface area contributed by atoms with E-state index in [4.69, 9.17) is 15.6 Å². The van der Waals surface area contributed by atoms with Crippen LogP contribution in [0, 0.1) is 0 Å². The molecule has 0 saturated carbocycles. The average Bonchev–Trinajstić information content (AvgIpc) is 2.95. The van der Waals surface area contributed by atoms with Crippen molar-refractivity contribution in [2.45, 2.75) is 11.8 Å². The first-order valence-corrected chi connectivity index (χ1v) is 9.95. The Morgan fingerprint density at radius 1 is 1.14 bits per heavy atom. The molecule has 1 heterocycles. The van der Waals surface area contributed by atoms with Gasteiger partial charge in [0.15, 0.2) is 6.61 Å². The molecular weight excluding hydrogens is 396 g/mol. The van der Waals surface area contributed by atoms with E-state index >= 15 is 0 Å². The van der Waals surface area contributed by atoms with Crippen molar-refractivity contribution in [1.29, 1.82) is 0 Å². The van der Waals surface area contributed by atoms with Crippen LogP contribution >= 0.6 is 0 Å². The lowest BCUT2D eigenvalue weighted by Gasteiger charge is -2.12. The summed E-state index contributed by atoms with van der Waals surface area (Å²) in [4.78, 5) is 23.5. The van der Waals surface area contributed by atoms with E-state index in [0.29, 0.717) is 22.7 Å². The van der Waals surface area contributed by atoms with E-state index in [9.17, 15) is 18.0 Å². The fourth-order valence-electron chi connectivity index (χ4n) is 2.62. The maximum atomic E-state index is 12.8. The van der Waals surface area contributed by atoms with Gasteiger partial charge in [0.05, 0.1) is 21.9 Å². The number of ether oxygens (including phenoxy) is 1. The maximum Gasteiger partial charge on any atom is 0.280 e. The number of nitrogens with two attached hydrogens (primary N) is 2. The molecular formula is C19H18N4O5S. The van der Waals surface area contributed by atoms with Crippen molar-refractivity contribution in [2.24, 2.45) is 16.0 Å². The quantitative estimate of drug-likeness (QED) is 0.678. The SMILES string of the molecule is CC1=NN(c2ccc(S(N)(=O)=O)cc2)C(=O)/C1=C\c1ccc(OCC(N)=O)cc1. The van der Waals surface area contributed by atoms with Gasteiger partial charge in [0.1, 0.15) is 5.75 Å². The van der Waals surface area contributed by atoms with Crippen molar-refractivity contribution in [1.82, 2.24) is 0 Å². The smallest absolute Gasteiger partial charge is 0.280 e. The van der Waals surface area contributed by atoms with Gasteiger partial charge < -0.3 is 10.5 Å². The average molecular weight is 414 g/mol. The Morgan fingerprint density at radius 3 is 2.31 bits per heavy atom. The van der Waals surface area contributed by atoms with Gasteiger partial charge in [0.2, 0.25) is 10.0 Å². The van der Waals surface area contributed by atoms with Crippen LogP contribution in [0.25, 0.3) is 6.08 Å². The molecule has 0 radical (unpaired) electrons. The molecule has 1 aliphatic heterocycles. The van der Waals surface area contributed by atoms with E-state index in [0.717, 1.165) is 5.56 Å². The first-order valence-electron chi connectivity index (χ1n) is 8.41. The summed E-state index contributed by atoms with van der Waals surface area (Å²) in [6.07, 6.45) is 1.68. The van der Waals surface area contributed by atoms with Crippen molar-refractivity contribution in [3.63, 3.8) is 0 Å². The predicted octanol–water partition coefficient (Wildman–Crippen LogP) is 1.00. The number of hydrogen-bond acceptors (Lipinski definition) is 6. The van der Waals surface area contributed by atoms with Crippen LogP contribution in [0.15, 0.2) is 64.1 Å². The second-order valence-electron chi connectivity index (χ2n) is 6.22. The number of primary sulfonamides is 1. The first kappa shape index (κ1) is 20.2. The number of nitrogens with zero attached hydrogens (tertiary/aromatic N) is 2. The number of sulfonamides is 1. The topological polar surface area (TPSA) is 145 Å². The highest BCUT2D eigenvalue weighted by atomic mass is 32.2. The first-order chi connectivity index (χ1) is 13.6. The van der Waals surface area contributed by atoms with Crippen LogP contribution in [0.3, 0.4) is 0 Å². The lowest BCUT2D eigenvalue weighted by molar-refractivity contribution is -0.120. The van der Waals surface area contributed by atoms with Crippen LogP contribution in [0.4, 0.5) is 5.69 Å². The Balaban J connectivity index is 1.79.